The van der Waals surface area contributed by atoms with Gasteiger partial charge in [0.1, 0.15) is 12.2 Å². The van der Waals surface area contributed by atoms with Crippen molar-refractivity contribution in [1.29, 1.82) is 0 Å². The molecule has 0 aromatic heterocycles. The molecule has 2 spiro atoms. The summed E-state index contributed by atoms with van der Waals surface area (Å²) in [6, 6.07) is 0. The third kappa shape index (κ3) is 3.01. The van der Waals surface area contributed by atoms with Crippen LogP contribution in [0.3, 0.4) is 0 Å². The van der Waals surface area contributed by atoms with Crippen molar-refractivity contribution in [2.75, 3.05) is 7.11 Å². The summed E-state index contributed by atoms with van der Waals surface area (Å²) >= 11 is 0. The normalized spacial score (nSPS) is 55.0. The van der Waals surface area contributed by atoms with Crippen LogP contribution in [-0.4, -0.2) is 63.7 Å². The monoisotopic (exact) mass is 534 g/mol. The molecule has 2 aliphatic heterocycles. The van der Waals surface area contributed by atoms with E-state index in [2.05, 4.69) is 20.8 Å². The third-order valence-corrected chi connectivity index (χ3v) is 13.4. The van der Waals surface area contributed by atoms with Crippen LogP contribution in [0.1, 0.15) is 99.8 Å². The van der Waals surface area contributed by atoms with E-state index >= 15 is 0 Å². The first kappa shape index (κ1) is 27.4. The Labute approximate surface area is 228 Å². The van der Waals surface area contributed by atoms with Crippen molar-refractivity contribution in [3.8, 4) is 0 Å². The summed E-state index contributed by atoms with van der Waals surface area (Å²) in [5.74, 6) is -0.637. The Bertz CT molecular complexity index is 1010. The lowest BCUT2D eigenvalue weighted by atomic mass is 9.43. The average Bonchev–Trinajstić information content (AvgIpc) is 3.34. The molecule has 6 aliphatic rings. The zero-order valence-electron chi connectivity index (χ0n) is 24.7. The molecule has 7 nitrogen and oxygen atoms in total. The number of carbonyl (C=O) groups is 1. The van der Waals surface area contributed by atoms with Crippen molar-refractivity contribution in [3.63, 3.8) is 0 Å². The van der Waals surface area contributed by atoms with Crippen molar-refractivity contribution in [3.05, 3.63) is 0 Å². The summed E-state index contributed by atoms with van der Waals surface area (Å²) in [4.78, 5) is 12.3. The Kier molecular flexibility index (Phi) is 5.60. The maximum absolute atomic E-state index is 12.5. The zero-order valence-corrected chi connectivity index (χ0v) is 24.7. The second-order valence-corrected chi connectivity index (χ2v) is 15.8. The van der Waals surface area contributed by atoms with Gasteiger partial charge in [-0.25, -0.2) is 0 Å². The van der Waals surface area contributed by atoms with Gasteiger partial charge in [0.2, 0.25) is 0 Å². The van der Waals surface area contributed by atoms with Gasteiger partial charge in [-0.2, -0.15) is 0 Å². The number of hydrogen-bond acceptors (Lipinski definition) is 7. The highest BCUT2D eigenvalue weighted by Crippen LogP contribution is 2.88. The van der Waals surface area contributed by atoms with Crippen LogP contribution in [0.25, 0.3) is 0 Å². The fraction of sp³-hybridized carbons (Fsp3) is 0.968. The maximum atomic E-state index is 12.5. The van der Waals surface area contributed by atoms with Crippen LogP contribution in [0, 0.1) is 45.3 Å². The summed E-state index contributed by atoms with van der Waals surface area (Å²) in [5.41, 5.74) is -2.72. The van der Waals surface area contributed by atoms with Crippen molar-refractivity contribution in [2.45, 2.75) is 135 Å². The average molecular weight is 535 g/mol. The van der Waals surface area contributed by atoms with Gasteiger partial charge in [0.15, 0.2) is 5.79 Å². The Morgan fingerprint density at radius 2 is 1.74 bits per heavy atom. The molecule has 38 heavy (non-hydrogen) atoms. The van der Waals surface area contributed by atoms with E-state index in [4.69, 9.17) is 14.2 Å². The summed E-state index contributed by atoms with van der Waals surface area (Å²) in [7, 11) is 1.44. The Hall–Kier alpha value is -0.730. The minimum atomic E-state index is -1.11. The Morgan fingerprint density at radius 1 is 1.05 bits per heavy atom. The maximum Gasteiger partial charge on any atom is 0.305 e. The molecule has 2 bridgehead atoms. The van der Waals surface area contributed by atoms with Gasteiger partial charge in [-0.1, -0.05) is 20.8 Å². The zero-order chi connectivity index (χ0) is 27.9. The summed E-state index contributed by atoms with van der Waals surface area (Å²) in [6.07, 6.45) is 5.15. The number of methoxy groups -OCH3 is 1. The highest BCUT2D eigenvalue weighted by molar-refractivity contribution is 5.69. The molecule has 4 aliphatic carbocycles. The lowest BCUT2D eigenvalue weighted by Crippen LogP contribution is -2.59. The number of hydrogen-bond donors (Lipinski definition) is 3. The second-order valence-electron chi connectivity index (χ2n) is 15.8. The van der Waals surface area contributed by atoms with Crippen LogP contribution in [0.4, 0.5) is 0 Å². The van der Waals surface area contributed by atoms with Crippen LogP contribution in [0.2, 0.25) is 0 Å². The van der Waals surface area contributed by atoms with E-state index in [1.165, 1.54) is 7.11 Å². The standard InChI is InChI=1S/C31H50O7/c1-17-15-18-23(26(4,5)35)38-31(37-18)22(17)27(6)13-14-30-16-29(30,12-11-21(32)36-8)19(25(2,3)34)9-10-20(30)28(27,7)24(31)33/h17-20,22-24,33-35H,9-16H2,1-8H3/t17-,18-,19?,20?,22?,23+,24-,27-,28-,29-,30+,31+/m1/s1. The van der Waals surface area contributed by atoms with Crippen LogP contribution in [-0.2, 0) is 19.0 Å². The molecule has 0 amide bonds. The van der Waals surface area contributed by atoms with E-state index in [9.17, 15) is 20.1 Å². The molecule has 0 aromatic carbocycles. The SMILES string of the molecule is COC(=O)CC[C@]12C[C@]13CC[C@]1(C)C4[C@H](C)C[C@H]5O[C@@]4(O[C@@H]5C(C)(C)O)[C@H](O)[C@@]1(C)C3CCC2C(C)(C)O. The first-order valence-corrected chi connectivity index (χ1v) is 15.0. The highest BCUT2D eigenvalue weighted by atomic mass is 16.8. The minimum absolute atomic E-state index is 0.0276. The lowest BCUT2D eigenvalue weighted by Gasteiger charge is -2.61. The molecule has 2 saturated heterocycles. The molecule has 0 aromatic rings. The van der Waals surface area contributed by atoms with Gasteiger partial charge < -0.3 is 29.5 Å². The minimum Gasteiger partial charge on any atom is -0.469 e. The predicted octanol–water partition coefficient (Wildman–Crippen LogP) is 4.20. The molecule has 3 N–H and O–H groups in total. The molecular formula is C31H50O7. The molecule has 4 saturated carbocycles. The lowest BCUT2D eigenvalue weighted by molar-refractivity contribution is -0.282. The van der Waals surface area contributed by atoms with E-state index in [1.54, 1.807) is 13.8 Å². The van der Waals surface area contributed by atoms with E-state index < -0.39 is 34.6 Å². The van der Waals surface area contributed by atoms with Crippen LogP contribution in [0.15, 0.2) is 0 Å². The van der Waals surface area contributed by atoms with Crippen molar-refractivity contribution in [1.82, 2.24) is 0 Å². The summed E-state index contributed by atoms with van der Waals surface area (Å²) in [5, 5.41) is 34.8. The van der Waals surface area contributed by atoms with Crippen molar-refractivity contribution >= 4 is 5.97 Å². The number of aliphatic hydroxyl groups excluding tert-OH is 1. The van der Waals surface area contributed by atoms with Crippen molar-refractivity contribution in [2.24, 2.45) is 45.3 Å². The van der Waals surface area contributed by atoms with Gasteiger partial charge in [0.05, 0.1) is 24.4 Å². The van der Waals surface area contributed by atoms with Gasteiger partial charge in [-0.05, 0) is 107 Å². The first-order valence-electron chi connectivity index (χ1n) is 15.0. The predicted molar refractivity (Wildman–Crippen MR) is 141 cm³/mol. The first-order chi connectivity index (χ1) is 17.4. The Morgan fingerprint density at radius 3 is 2.34 bits per heavy atom. The smallest absolute Gasteiger partial charge is 0.305 e. The van der Waals surface area contributed by atoms with Gasteiger partial charge >= 0.3 is 5.97 Å². The molecule has 3 unspecified atom stereocenters. The molecule has 12 atom stereocenters. The van der Waals surface area contributed by atoms with E-state index in [-0.39, 0.29) is 46.1 Å². The fourth-order valence-electron chi connectivity index (χ4n) is 12.0. The Balaban J connectivity index is 1.43. The van der Waals surface area contributed by atoms with Gasteiger partial charge in [-0.15, -0.1) is 0 Å². The van der Waals surface area contributed by atoms with Crippen LogP contribution < -0.4 is 0 Å². The number of carbonyl (C=O) groups excluding carboxylic acids is 1. The van der Waals surface area contributed by atoms with Gasteiger partial charge in [0.25, 0.3) is 0 Å². The molecule has 2 heterocycles. The molecule has 7 heteroatoms. The molecule has 216 valence electrons. The molecular weight excluding hydrogens is 484 g/mol. The molecule has 6 fully saturated rings. The number of fused-ring (bicyclic) bond motifs is 4. The van der Waals surface area contributed by atoms with Crippen LogP contribution >= 0.6 is 0 Å². The number of rotatable bonds is 5. The van der Waals surface area contributed by atoms with Gasteiger partial charge in [0, 0.05) is 17.8 Å². The topological polar surface area (TPSA) is 105 Å². The van der Waals surface area contributed by atoms with E-state index in [0.29, 0.717) is 18.8 Å². The number of esters is 1. The number of ether oxygens (including phenoxy) is 3. The van der Waals surface area contributed by atoms with Gasteiger partial charge in [-0.3, -0.25) is 4.79 Å². The third-order valence-electron chi connectivity index (χ3n) is 13.4. The summed E-state index contributed by atoms with van der Waals surface area (Å²) in [6.45, 7) is 14.3. The molecule has 0 radical (unpaired) electrons. The second kappa shape index (κ2) is 7.76. The molecule has 6 rings (SSSR count). The number of aliphatic hydroxyl groups is 3. The van der Waals surface area contributed by atoms with E-state index in [1.807, 2.05) is 13.8 Å². The fourth-order valence-corrected chi connectivity index (χ4v) is 12.0. The van der Waals surface area contributed by atoms with E-state index in [0.717, 1.165) is 38.5 Å². The summed E-state index contributed by atoms with van der Waals surface area (Å²) < 4.78 is 18.5. The highest BCUT2D eigenvalue weighted by Gasteiger charge is 2.87. The largest absolute Gasteiger partial charge is 0.469 e. The van der Waals surface area contributed by atoms with Crippen LogP contribution in [0.5, 0.6) is 0 Å². The van der Waals surface area contributed by atoms with Crippen molar-refractivity contribution < 1.29 is 34.3 Å². The quantitative estimate of drug-likeness (QED) is 0.454.